The molecule has 0 unspecified atom stereocenters. The van der Waals surface area contributed by atoms with Crippen molar-refractivity contribution in [3.05, 3.63) is 54.1 Å². The third kappa shape index (κ3) is 4.11. The molecule has 2 aromatic carbocycles. The van der Waals surface area contributed by atoms with Crippen LogP contribution in [0.4, 0.5) is 0 Å². The number of amides is 1. The fourth-order valence-electron chi connectivity index (χ4n) is 2.94. The van der Waals surface area contributed by atoms with Crippen LogP contribution < -0.4 is 16.1 Å². The molecule has 0 aromatic heterocycles. The summed E-state index contributed by atoms with van der Waals surface area (Å²) in [5.41, 5.74) is 11.0. The lowest BCUT2D eigenvalue weighted by atomic mass is 9.96. The van der Waals surface area contributed by atoms with E-state index in [1.165, 1.54) is 32.1 Å². The zero-order chi connectivity index (χ0) is 16.1. The number of primary amides is 1. The second kappa shape index (κ2) is 7.29. The maximum atomic E-state index is 11.1. The Morgan fingerprint density at radius 1 is 1.00 bits per heavy atom. The highest BCUT2D eigenvalue weighted by atomic mass is 16.6. The van der Waals surface area contributed by atoms with Crippen molar-refractivity contribution in [2.45, 2.75) is 38.1 Å². The van der Waals surface area contributed by atoms with Crippen LogP contribution >= 0.6 is 0 Å². The summed E-state index contributed by atoms with van der Waals surface area (Å²) in [6.07, 6.45) is 6.22. The van der Waals surface area contributed by atoms with E-state index in [9.17, 15) is 4.79 Å². The molecule has 4 heteroatoms. The van der Waals surface area contributed by atoms with Crippen molar-refractivity contribution in [2.75, 3.05) is 0 Å². The summed E-state index contributed by atoms with van der Waals surface area (Å²) in [6, 6.07) is 15.6. The van der Waals surface area contributed by atoms with Gasteiger partial charge in [-0.1, -0.05) is 43.5 Å². The summed E-state index contributed by atoms with van der Waals surface area (Å²) in [5, 5.41) is 0. The predicted octanol–water partition coefficient (Wildman–Crippen LogP) is 3.67. The molecule has 120 valence electrons. The predicted molar refractivity (Wildman–Crippen MR) is 91.0 cm³/mol. The number of hydroxylamine groups is 1. The third-order valence-electron chi connectivity index (χ3n) is 4.29. The van der Waals surface area contributed by atoms with Gasteiger partial charge in [-0.25, -0.2) is 0 Å². The molecule has 4 nitrogen and oxygen atoms in total. The molecule has 0 heterocycles. The lowest BCUT2D eigenvalue weighted by Gasteiger charge is -2.22. The summed E-state index contributed by atoms with van der Waals surface area (Å²) in [4.78, 5) is 16.9. The van der Waals surface area contributed by atoms with Crippen molar-refractivity contribution in [3.8, 4) is 16.9 Å². The molecule has 0 spiro atoms. The van der Waals surface area contributed by atoms with Crippen LogP contribution in [-0.4, -0.2) is 11.9 Å². The van der Waals surface area contributed by atoms with Gasteiger partial charge < -0.3 is 10.6 Å². The Morgan fingerprint density at radius 2 is 1.74 bits per heavy atom. The number of hydrogen-bond donors (Lipinski definition) is 2. The molecular formula is C19H22N2O2. The highest BCUT2D eigenvalue weighted by Gasteiger charge is 2.13. The zero-order valence-electron chi connectivity index (χ0n) is 13.1. The van der Waals surface area contributed by atoms with Crippen LogP contribution in [0.25, 0.3) is 11.1 Å². The van der Waals surface area contributed by atoms with E-state index in [2.05, 4.69) is 5.48 Å². The molecule has 3 N–H and O–H groups in total. The average Bonchev–Trinajstić information content (AvgIpc) is 2.61. The molecule has 1 fully saturated rings. The van der Waals surface area contributed by atoms with Gasteiger partial charge in [-0.05, 0) is 48.2 Å². The number of carbonyl (C=O) groups is 1. The highest BCUT2D eigenvalue weighted by Crippen LogP contribution is 2.24. The molecule has 23 heavy (non-hydrogen) atoms. The molecule has 1 aliphatic carbocycles. The van der Waals surface area contributed by atoms with Crippen molar-refractivity contribution in [3.63, 3.8) is 0 Å². The number of carbonyl (C=O) groups excluding carboxylic acids is 1. The van der Waals surface area contributed by atoms with Gasteiger partial charge in [-0.3, -0.25) is 4.79 Å². The van der Waals surface area contributed by atoms with Gasteiger partial charge in [-0.2, -0.15) is 5.48 Å². The second-order valence-electron chi connectivity index (χ2n) is 6.02. The summed E-state index contributed by atoms with van der Waals surface area (Å²) < 4.78 is 0. The lowest BCUT2D eigenvalue weighted by molar-refractivity contribution is 0.100. The minimum absolute atomic E-state index is 0.412. The van der Waals surface area contributed by atoms with Gasteiger partial charge >= 0.3 is 0 Å². The largest absolute Gasteiger partial charge is 0.408 e. The quantitative estimate of drug-likeness (QED) is 0.828. The molecule has 1 saturated carbocycles. The number of nitrogens with two attached hydrogens (primary N) is 1. The minimum atomic E-state index is -0.412. The normalized spacial score (nSPS) is 15.3. The number of hydrogen-bond acceptors (Lipinski definition) is 3. The number of rotatable bonds is 5. The first kappa shape index (κ1) is 15.6. The summed E-state index contributed by atoms with van der Waals surface area (Å²) in [6.45, 7) is 0. The Kier molecular flexibility index (Phi) is 4.93. The first-order valence-electron chi connectivity index (χ1n) is 8.15. The van der Waals surface area contributed by atoms with Crippen LogP contribution in [0.15, 0.2) is 48.5 Å². The van der Waals surface area contributed by atoms with Crippen LogP contribution in [0.3, 0.4) is 0 Å². The molecule has 1 aliphatic rings. The van der Waals surface area contributed by atoms with E-state index in [0.29, 0.717) is 11.6 Å². The first-order chi connectivity index (χ1) is 11.2. The van der Waals surface area contributed by atoms with Crippen molar-refractivity contribution in [1.29, 1.82) is 0 Å². The van der Waals surface area contributed by atoms with E-state index in [-0.39, 0.29) is 0 Å². The Labute approximate surface area is 136 Å². The van der Waals surface area contributed by atoms with Crippen LogP contribution in [0.1, 0.15) is 42.5 Å². The van der Waals surface area contributed by atoms with Gasteiger partial charge in [0.1, 0.15) is 5.75 Å². The van der Waals surface area contributed by atoms with Gasteiger partial charge in [0.05, 0.1) is 0 Å². The summed E-state index contributed by atoms with van der Waals surface area (Å²) >= 11 is 0. The second-order valence-corrected chi connectivity index (χ2v) is 6.02. The van der Waals surface area contributed by atoms with Gasteiger partial charge in [0.15, 0.2) is 0 Å². The van der Waals surface area contributed by atoms with E-state index in [4.69, 9.17) is 10.6 Å². The van der Waals surface area contributed by atoms with Crippen molar-refractivity contribution in [2.24, 2.45) is 5.73 Å². The average molecular weight is 310 g/mol. The van der Waals surface area contributed by atoms with Crippen molar-refractivity contribution < 1.29 is 9.63 Å². The Balaban J connectivity index is 1.67. The highest BCUT2D eigenvalue weighted by molar-refractivity contribution is 5.93. The van der Waals surface area contributed by atoms with E-state index < -0.39 is 5.91 Å². The van der Waals surface area contributed by atoms with E-state index in [0.717, 1.165) is 16.9 Å². The third-order valence-corrected chi connectivity index (χ3v) is 4.29. The van der Waals surface area contributed by atoms with Gasteiger partial charge in [0.25, 0.3) is 0 Å². The molecule has 0 radical (unpaired) electrons. The fraction of sp³-hybridized carbons (Fsp3) is 0.316. The van der Waals surface area contributed by atoms with E-state index in [1.807, 2.05) is 36.4 Å². The maximum Gasteiger partial charge on any atom is 0.248 e. The first-order valence-corrected chi connectivity index (χ1v) is 8.15. The zero-order valence-corrected chi connectivity index (χ0v) is 13.1. The summed E-state index contributed by atoms with van der Waals surface area (Å²) in [7, 11) is 0. The Bertz CT molecular complexity index is 661. The number of benzene rings is 2. The topological polar surface area (TPSA) is 64.4 Å². The molecule has 0 atom stereocenters. The lowest BCUT2D eigenvalue weighted by Crippen LogP contribution is -2.33. The van der Waals surface area contributed by atoms with Gasteiger partial charge in [-0.15, -0.1) is 0 Å². The van der Waals surface area contributed by atoms with Crippen molar-refractivity contribution in [1.82, 2.24) is 5.48 Å². The minimum Gasteiger partial charge on any atom is -0.408 e. The SMILES string of the molecule is NC(=O)c1ccc(-c2cccc(ONC3CCCCC3)c2)cc1. The molecular weight excluding hydrogens is 288 g/mol. The van der Waals surface area contributed by atoms with Crippen LogP contribution in [0.5, 0.6) is 5.75 Å². The van der Waals surface area contributed by atoms with Crippen molar-refractivity contribution >= 4 is 5.91 Å². The monoisotopic (exact) mass is 310 g/mol. The Hall–Kier alpha value is -2.33. The van der Waals surface area contributed by atoms with E-state index >= 15 is 0 Å². The molecule has 0 bridgehead atoms. The summed E-state index contributed by atoms with van der Waals surface area (Å²) in [5.74, 6) is 0.386. The Morgan fingerprint density at radius 3 is 2.43 bits per heavy atom. The molecule has 2 aromatic rings. The van der Waals surface area contributed by atoms with E-state index in [1.54, 1.807) is 12.1 Å². The molecule has 1 amide bonds. The van der Waals surface area contributed by atoms with Crippen LogP contribution in [0, 0.1) is 0 Å². The smallest absolute Gasteiger partial charge is 0.248 e. The maximum absolute atomic E-state index is 11.1. The number of nitrogens with one attached hydrogen (secondary N) is 1. The van der Waals surface area contributed by atoms with Gasteiger partial charge in [0, 0.05) is 11.6 Å². The van der Waals surface area contributed by atoms with Crippen LogP contribution in [0.2, 0.25) is 0 Å². The molecule has 3 rings (SSSR count). The molecule has 0 saturated heterocycles. The van der Waals surface area contributed by atoms with Gasteiger partial charge in [0.2, 0.25) is 5.91 Å². The fourth-order valence-corrected chi connectivity index (χ4v) is 2.94. The molecule has 0 aliphatic heterocycles. The standard InChI is InChI=1S/C19H22N2O2/c20-19(22)15-11-9-14(10-12-15)16-5-4-8-18(13-16)23-21-17-6-2-1-3-7-17/h4-5,8-13,17,21H,1-3,6-7H2,(H2,20,22). The van der Waals surface area contributed by atoms with Crippen LogP contribution in [-0.2, 0) is 0 Å².